The topological polar surface area (TPSA) is 75.7 Å². The van der Waals surface area contributed by atoms with Crippen molar-refractivity contribution in [1.29, 1.82) is 0 Å². The van der Waals surface area contributed by atoms with E-state index in [-0.39, 0.29) is 30.7 Å². The molecule has 2 aliphatic rings. The zero-order valence-corrected chi connectivity index (χ0v) is 19.6. The molecule has 8 heteroatoms. The molecule has 3 amide bonds. The molecular weight excluding hydrogens is 418 g/mol. The lowest BCUT2D eigenvalue weighted by Crippen LogP contribution is -2.46. The second-order valence-electron chi connectivity index (χ2n) is 9.96. The van der Waals surface area contributed by atoms with Crippen molar-refractivity contribution in [2.75, 3.05) is 13.2 Å². The van der Waals surface area contributed by atoms with E-state index in [4.69, 9.17) is 4.74 Å². The summed E-state index contributed by atoms with van der Waals surface area (Å²) in [5.74, 6) is -4.98. The number of nitrogens with one attached hydrogen (secondary N) is 1. The minimum atomic E-state index is -2.97. The normalized spacial score (nSPS) is 21.6. The predicted octanol–water partition coefficient (Wildman–Crippen LogP) is 4.15. The van der Waals surface area contributed by atoms with E-state index in [9.17, 15) is 23.2 Å². The molecule has 32 heavy (non-hydrogen) atoms. The fourth-order valence-electron chi connectivity index (χ4n) is 3.86. The van der Waals surface area contributed by atoms with Crippen LogP contribution in [0.4, 0.5) is 8.78 Å². The monoisotopic (exact) mass is 454 g/mol. The summed E-state index contributed by atoms with van der Waals surface area (Å²) in [6, 6.07) is 0. The molecule has 0 aromatic heterocycles. The molecule has 0 saturated carbocycles. The van der Waals surface area contributed by atoms with Gasteiger partial charge in [-0.25, -0.2) is 8.78 Å². The number of imide groups is 1. The smallest absolute Gasteiger partial charge is 0.269 e. The van der Waals surface area contributed by atoms with Crippen molar-refractivity contribution >= 4 is 17.7 Å². The van der Waals surface area contributed by atoms with Gasteiger partial charge in [0.1, 0.15) is 0 Å². The van der Waals surface area contributed by atoms with E-state index in [1.54, 1.807) is 0 Å². The predicted molar refractivity (Wildman–Crippen MR) is 118 cm³/mol. The Kier molecular flexibility index (Phi) is 8.74. The molecule has 180 valence electrons. The second-order valence-corrected chi connectivity index (χ2v) is 9.96. The molecule has 0 saturated heterocycles. The number of carbonyl (C=O) groups is 3. The molecule has 0 aromatic carbocycles. The number of carbonyl (C=O) groups excluding carboxylic acids is 3. The maximum atomic E-state index is 14.3. The van der Waals surface area contributed by atoms with E-state index in [0.717, 1.165) is 12.5 Å². The Bertz CT molecular complexity index is 741. The Morgan fingerprint density at radius 3 is 2.47 bits per heavy atom. The first-order chi connectivity index (χ1) is 14.8. The van der Waals surface area contributed by atoms with Gasteiger partial charge in [0.25, 0.3) is 17.7 Å². The number of hydrogen-bond donors (Lipinski definition) is 1. The van der Waals surface area contributed by atoms with Crippen LogP contribution in [-0.4, -0.2) is 52.8 Å². The molecule has 1 aliphatic carbocycles. The van der Waals surface area contributed by atoms with E-state index >= 15 is 0 Å². The highest BCUT2D eigenvalue weighted by atomic mass is 19.3. The van der Waals surface area contributed by atoms with E-state index in [1.807, 2.05) is 27.7 Å². The highest BCUT2D eigenvalue weighted by molar-refractivity contribution is 6.12. The number of ether oxygens (including phenoxy) is 1. The summed E-state index contributed by atoms with van der Waals surface area (Å²) in [6.45, 7) is 8.03. The third-order valence-electron chi connectivity index (χ3n) is 6.03. The van der Waals surface area contributed by atoms with Crippen molar-refractivity contribution in [2.24, 2.45) is 5.92 Å². The summed E-state index contributed by atoms with van der Waals surface area (Å²) in [5, 5.41) is 2.87. The van der Waals surface area contributed by atoms with Crippen LogP contribution >= 0.6 is 0 Å². The maximum Gasteiger partial charge on any atom is 0.269 e. The molecule has 2 rings (SSSR count). The summed E-state index contributed by atoms with van der Waals surface area (Å²) < 4.78 is 34.6. The van der Waals surface area contributed by atoms with Crippen LogP contribution in [0.25, 0.3) is 0 Å². The Balaban J connectivity index is 1.77. The lowest BCUT2D eigenvalue weighted by molar-refractivity contribution is -0.137. The number of rotatable bonds is 10. The number of halogens is 2. The quantitative estimate of drug-likeness (QED) is 0.397. The van der Waals surface area contributed by atoms with Gasteiger partial charge in [0.15, 0.2) is 0 Å². The number of hydrogen-bond acceptors (Lipinski definition) is 4. The zero-order valence-electron chi connectivity index (χ0n) is 19.6. The minimum Gasteiger partial charge on any atom is -0.375 e. The largest absolute Gasteiger partial charge is 0.375 e. The molecule has 1 N–H and O–H groups in total. The highest BCUT2D eigenvalue weighted by Gasteiger charge is 2.38. The summed E-state index contributed by atoms with van der Waals surface area (Å²) in [7, 11) is 0. The van der Waals surface area contributed by atoms with Crippen molar-refractivity contribution in [2.45, 2.75) is 89.7 Å². The molecule has 0 fully saturated rings. The Labute approximate surface area is 189 Å². The first-order valence-electron chi connectivity index (χ1n) is 11.4. The minimum absolute atomic E-state index is 0.209. The molecule has 0 radical (unpaired) electrons. The molecule has 1 aliphatic heterocycles. The first-order valence-corrected chi connectivity index (χ1v) is 11.4. The molecule has 1 heterocycles. The zero-order chi connectivity index (χ0) is 24.0. The average molecular weight is 455 g/mol. The van der Waals surface area contributed by atoms with E-state index < -0.39 is 23.0 Å². The van der Waals surface area contributed by atoms with Gasteiger partial charge < -0.3 is 10.1 Å². The highest BCUT2D eigenvalue weighted by Crippen LogP contribution is 2.35. The Morgan fingerprint density at radius 2 is 1.81 bits per heavy atom. The fourth-order valence-corrected chi connectivity index (χ4v) is 3.86. The lowest BCUT2D eigenvalue weighted by Gasteiger charge is -2.32. The summed E-state index contributed by atoms with van der Waals surface area (Å²) in [4.78, 5) is 37.0. The lowest BCUT2D eigenvalue weighted by atomic mass is 9.88. The van der Waals surface area contributed by atoms with Gasteiger partial charge in [-0.2, -0.15) is 0 Å². The van der Waals surface area contributed by atoms with Crippen LogP contribution in [0.3, 0.4) is 0 Å². The van der Waals surface area contributed by atoms with Crippen molar-refractivity contribution in [3.05, 3.63) is 24.3 Å². The van der Waals surface area contributed by atoms with Gasteiger partial charge in [0, 0.05) is 43.2 Å². The molecular formula is C24H36F2N2O4. The van der Waals surface area contributed by atoms with Gasteiger partial charge >= 0.3 is 0 Å². The van der Waals surface area contributed by atoms with E-state index in [0.29, 0.717) is 38.7 Å². The number of allylic oxidation sites excluding steroid dienone is 2. The van der Waals surface area contributed by atoms with E-state index in [2.05, 4.69) is 5.32 Å². The van der Waals surface area contributed by atoms with Crippen LogP contribution in [0.1, 0.15) is 72.6 Å². The summed E-state index contributed by atoms with van der Waals surface area (Å²) in [5.41, 5.74) is -1.19. The Hall–Kier alpha value is -2.09. The van der Waals surface area contributed by atoms with Crippen LogP contribution < -0.4 is 5.32 Å². The van der Waals surface area contributed by atoms with Gasteiger partial charge in [-0.1, -0.05) is 12.5 Å². The summed E-state index contributed by atoms with van der Waals surface area (Å²) in [6.07, 6.45) is 8.26. The second kappa shape index (κ2) is 10.7. The fraction of sp³-hybridized carbons (Fsp3) is 0.708. The van der Waals surface area contributed by atoms with Gasteiger partial charge in [-0.05, 0) is 65.9 Å². The third kappa shape index (κ3) is 8.11. The van der Waals surface area contributed by atoms with Crippen LogP contribution in [0.5, 0.6) is 0 Å². The van der Waals surface area contributed by atoms with Crippen molar-refractivity contribution in [3.63, 3.8) is 0 Å². The van der Waals surface area contributed by atoms with Gasteiger partial charge in [-0.3, -0.25) is 19.3 Å². The van der Waals surface area contributed by atoms with Gasteiger partial charge in [-0.15, -0.1) is 0 Å². The molecule has 0 aromatic rings. The summed E-state index contributed by atoms with van der Waals surface area (Å²) >= 11 is 0. The molecule has 0 spiro atoms. The van der Waals surface area contributed by atoms with Gasteiger partial charge in [0.2, 0.25) is 5.91 Å². The molecule has 6 nitrogen and oxygen atoms in total. The molecule has 0 bridgehead atoms. The van der Waals surface area contributed by atoms with Crippen LogP contribution in [0.2, 0.25) is 0 Å². The van der Waals surface area contributed by atoms with Crippen molar-refractivity contribution in [1.82, 2.24) is 10.2 Å². The van der Waals surface area contributed by atoms with Crippen LogP contribution in [0, 0.1) is 5.92 Å². The van der Waals surface area contributed by atoms with Gasteiger partial charge in [0.05, 0.1) is 5.60 Å². The molecule has 1 unspecified atom stereocenters. The standard InChI is InChI=1S/C24H36F2N2O4/c1-22(2,27-19(29)17-18-9-7-5-6-8-12-24(18,25)26)14-16-32-23(3,4)13-15-28-20(30)10-11-21(28)31/h8,10-12,18H,5-7,9,13-17H2,1-4H3,(H,27,29). The first kappa shape index (κ1) is 26.2. The van der Waals surface area contributed by atoms with Crippen LogP contribution in [-0.2, 0) is 19.1 Å². The number of alkyl halides is 2. The maximum absolute atomic E-state index is 14.3. The van der Waals surface area contributed by atoms with Crippen LogP contribution in [0.15, 0.2) is 24.3 Å². The van der Waals surface area contributed by atoms with Crippen molar-refractivity contribution < 1.29 is 27.9 Å². The number of amides is 3. The SMILES string of the molecule is CC(C)(CCOC(C)(C)CCN1C(=O)C=CC1=O)NC(=O)CC1CCCCC=CC1(F)F. The molecule has 1 atom stereocenters. The third-order valence-corrected chi connectivity index (χ3v) is 6.03. The Morgan fingerprint density at radius 1 is 1.16 bits per heavy atom. The van der Waals surface area contributed by atoms with E-state index in [1.165, 1.54) is 23.1 Å². The average Bonchev–Trinajstić information content (AvgIpc) is 2.97. The number of nitrogens with zero attached hydrogens (tertiary/aromatic N) is 1. The van der Waals surface area contributed by atoms with Crippen molar-refractivity contribution in [3.8, 4) is 0 Å².